The Labute approximate surface area is 202 Å². The first-order valence-electron chi connectivity index (χ1n) is 10.6. The summed E-state index contributed by atoms with van der Waals surface area (Å²) in [6.45, 7) is 1.53. The number of rotatable bonds is 6. The molecule has 0 saturated carbocycles. The Morgan fingerprint density at radius 1 is 1.03 bits per heavy atom. The van der Waals surface area contributed by atoms with Crippen LogP contribution in [-0.4, -0.2) is 18.4 Å². The molecule has 0 bridgehead atoms. The van der Waals surface area contributed by atoms with Crippen LogP contribution in [0.5, 0.6) is 0 Å². The van der Waals surface area contributed by atoms with Crippen LogP contribution >= 0.6 is 11.3 Å². The largest absolute Gasteiger partial charge is 0.416 e. The molecule has 35 heavy (non-hydrogen) atoms. The van der Waals surface area contributed by atoms with Gasteiger partial charge in [-0.3, -0.25) is 9.59 Å². The number of primary amides is 1. The molecule has 180 valence electrons. The third kappa shape index (κ3) is 5.35. The highest BCUT2D eigenvalue weighted by molar-refractivity contribution is 7.19. The van der Waals surface area contributed by atoms with Crippen LogP contribution in [0.3, 0.4) is 0 Å². The maximum absolute atomic E-state index is 14.4. The van der Waals surface area contributed by atoms with E-state index in [0.717, 1.165) is 38.7 Å². The Morgan fingerprint density at radius 2 is 1.77 bits per heavy atom. The summed E-state index contributed by atoms with van der Waals surface area (Å²) in [6.07, 6.45) is -4.10. The number of thiophene rings is 1. The maximum Gasteiger partial charge on any atom is 0.416 e. The molecule has 0 fully saturated rings. The zero-order chi connectivity index (χ0) is 25.3. The van der Waals surface area contributed by atoms with Crippen molar-refractivity contribution in [2.75, 3.05) is 6.54 Å². The summed E-state index contributed by atoms with van der Waals surface area (Å²) in [4.78, 5) is 24.2. The Morgan fingerprint density at radius 3 is 2.49 bits per heavy atom. The summed E-state index contributed by atoms with van der Waals surface area (Å²) in [6, 6.07) is 14.6. The van der Waals surface area contributed by atoms with Gasteiger partial charge >= 0.3 is 6.18 Å². The molecule has 2 amide bonds. The summed E-state index contributed by atoms with van der Waals surface area (Å²) in [5.41, 5.74) is 7.01. The normalized spacial score (nSPS) is 11.6. The number of carbonyl (C=O) groups excluding carboxylic acids is 2. The van der Waals surface area contributed by atoms with Gasteiger partial charge in [0, 0.05) is 21.6 Å². The molecule has 9 heteroatoms. The van der Waals surface area contributed by atoms with E-state index in [2.05, 4.69) is 5.32 Å². The maximum atomic E-state index is 14.4. The number of aryl methyl sites for hydroxylation is 1. The Bertz CT molecular complexity index is 1440. The lowest BCUT2D eigenvalue weighted by atomic mass is 9.99. The number of amides is 2. The molecule has 0 radical (unpaired) electrons. The highest BCUT2D eigenvalue weighted by Gasteiger charge is 2.30. The molecular formula is C26H20F4N2O2S. The van der Waals surface area contributed by atoms with E-state index in [1.165, 1.54) is 29.5 Å². The van der Waals surface area contributed by atoms with Gasteiger partial charge in [-0.1, -0.05) is 36.4 Å². The molecule has 1 heterocycles. The van der Waals surface area contributed by atoms with Gasteiger partial charge in [0.2, 0.25) is 5.91 Å². The smallest absolute Gasteiger partial charge is 0.368 e. The molecule has 0 aliphatic rings. The van der Waals surface area contributed by atoms with E-state index in [4.69, 9.17) is 5.73 Å². The third-order valence-corrected chi connectivity index (χ3v) is 6.92. The number of alkyl halides is 3. The second-order valence-corrected chi connectivity index (χ2v) is 9.19. The zero-order valence-electron chi connectivity index (χ0n) is 18.5. The number of benzene rings is 3. The monoisotopic (exact) mass is 500 g/mol. The summed E-state index contributed by atoms with van der Waals surface area (Å²) in [5, 5.41) is 3.24. The standard InChI is InChI=1S/C26H20F4N2O2S/c1-14-20-6-3-7-21(16-10-17(12-19(27)11-16)25(34)32-13-23(31)33)24(20)35-22(14)9-15-4-2-5-18(8-15)26(28,29)30/h2-8,10-12H,9,13H2,1H3,(H2,31,33)(H,32,34). The summed E-state index contributed by atoms with van der Waals surface area (Å²) in [7, 11) is 0. The lowest BCUT2D eigenvalue weighted by molar-refractivity contribution is -0.137. The van der Waals surface area contributed by atoms with Crippen molar-refractivity contribution < 1.29 is 27.2 Å². The van der Waals surface area contributed by atoms with E-state index < -0.39 is 29.4 Å². The van der Waals surface area contributed by atoms with Crippen molar-refractivity contribution in [1.29, 1.82) is 0 Å². The van der Waals surface area contributed by atoms with Crippen LogP contribution in [0.4, 0.5) is 17.6 Å². The van der Waals surface area contributed by atoms with E-state index in [1.807, 2.05) is 19.1 Å². The van der Waals surface area contributed by atoms with Crippen LogP contribution < -0.4 is 11.1 Å². The van der Waals surface area contributed by atoms with Crippen molar-refractivity contribution >= 4 is 33.2 Å². The van der Waals surface area contributed by atoms with E-state index in [0.29, 0.717) is 23.1 Å². The average Bonchev–Trinajstić information content (AvgIpc) is 3.12. The van der Waals surface area contributed by atoms with Gasteiger partial charge in [-0.05, 0) is 58.8 Å². The van der Waals surface area contributed by atoms with Crippen molar-refractivity contribution in [2.24, 2.45) is 5.73 Å². The molecule has 4 aromatic rings. The summed E-state index contributed by atoms with van der Waals surface area (Å²) in [5.74, 6) is -1.98. The van der Waals surface area contributed by atoms with Crippen LogP contribution in [0.1, 0.15) is 31.9 Å². The molecule has 0 aliphatic heterocycles. The predicted molar refractivity (Wildman–Crippen MR) is 128 cm³/mol. The molecule has 4 rings (SSSR count). The first kappa shape index (κ1) is 24.4. The van der Waals surface area contributed by atoms with Gasteiger partial charge in [-0.25, -0.2) is 4.39 Å². The highest BCUT2D eigenvalue weighted by Crippen LogP contribution is 2.39. The molecule has 3 N–H and O–H groups in total. The van der Waals surface area contributed by atoms with Crippen LogP contribution in [0.2, 0.25) is 0 Å². The lowest BCUT2D eigenvalue weighted by Crippen LogP contribution is -2.33. The molecule has 1 aromatic heterocycles. The molecule has 3 aromatic carbocycles. The van der Waals surface area contributed by atoms with Crippen LogP contribution in [0.25, 0.3) is 21.2 Å². The molecule has 4 nitrogen and oxygen atoms in total. The second kappa shape index (κ2) is 9.50. The van der Waals surface area contributed by atoms with Crippen molar-refractivity contribution in [1.82, 2.24) is 5.32 Å². The fourth-order valence-electron chi connectivity index (χ4n) is 3.88. The van der Waals surface area contributed by atoms with Crippen molar-refractivity contribution in [3.8, 4) is 11.1 Å². The van der Waals surface area contributed by atoms with Crippen LogP contribution in [0, 0.1) is 12.7 Å². The first-order valence-corrected chi connectivity index (χ1v) is 11.4. The van der Waals surface area contributed by atoms with E-state index >= 15 is 0 Å². The zero-order valence-corrected chi connectivity index (χ0v) is 19.3. The van der Waals surface area contributed by atoms with Gasteiger partial charge in [-0.2, -0.15) is 13.2 Å². The highest BCUT2D eigenvalue weighted by atomic mass is 32.1. The van der Waals surface area contributed by atoms with Gasteiger partial charge in [0.15, 0.2) is 0 Å². The molecular weight excluding hydrogens is 480 g/mol. The second-order valence-electron chi connectivity index (χ2n) is 8.08. The van der Waals surface area contributed by atoms with Crippen LogP contribution in [0.15, 0.2) is 60.7 Å². The summed E-state index contributed by atoms with van der Waals surface area (Å²) >= 11 is 1.42. The molecule has 0 aliphatic carbocycles. The minimum Gasteiger partial charge on any atom is -0.368 e. The van der Waals surface area contributed by atoms with Gasteiger partial charge < -0.3 is 11.1 Å². The molecule has 0 saturated heterocycles. The number of nitrogens with two attached hydrogens (primary N) is 1. The number of halogens is 4. The number of hydrogen-bond donors (Lipinski definition) is 2. The van der Waals surface area contributed by atoms with Gasteiger partial charge in [0.1, 0.15) is 5.82 Å². The van der Waals surface area contributed by atoms with Gasteiger partial charge in [0.05, 0.1) is 12.1 Å². The predicted octanol–water partition coefficient (Wildman–Crippen LogP) is 5.84. The molecule has 0 atom stereocenters. The van der Waals surface area contributed by atoms with E-state index in [9.17, 15) is 27.2 Å². The van der Waals surface area contributed by atoms with Crippen molar-refractivity contribution in [2.45, 2.75) is 19.5 Å². The SMILES string of the molecule is Cc1c(Cc2cccc(C(F)(F)F)c2)sc2c(-c3cc(F)cc(C(=O)NCC(N)=O)c3)cccc12. The topological polar surface area (TPSA) is 72.2 Å². The van der Waals surface area contributed by atoms with Crippen LogP contribution in [-0.2, 0) is 17.4 Å². The van der Waals surface area contributed by atoms with Gasteiger partial charge in [-0.15, -0.1) is 11.3 Å². The summed E-state index contributed by atoms with van der Waals surface area (Å²) < 4.78 is 54.6. The fraction of sp³-hybridized carbons (Fsp3) is 0.154. The quantitative estimate of drug-likeness (QED) is 0.327. The number of fused-ring (bicyclic) bond motifs is 1. The number of hydrogen-bond acceptors (Lipinski definition) is 3. The Balaban J connectivity index is 1.73. The first-order chi connectivity index (χ1) is 16.5. The number of nitrogens with one attached hydrogen (secondary N) is 1. The lowest BCUT2D eigenvalue weighted by Gasteiger charge is -2.08. The molecule has 0 unspecified atom stereocenters. The third-order valence-electron chi connectivity index (χ3n) is 5.58. The minimum absolute atomic E-state index is 0.0377. The van der Waals surface area contributed by atoms with Gasteiger partial charge in [0.25, 0.3) is 5.91 Å². The Kier molecular flexibility index (Phi) is 6.62. The Hall–Kier alpha value is -3.72. The fourth-order valence-corrected chi connectivity index (χ4v) is 5.25. The number of carbonyl (C=O) groups is 2. The van der Waals surface area contributed by atoms with Crippen molar-refractivity contribution in [3.63, 3.8) is 0 Å². The van der Waals surface area contributed by atoms with E-state index in [1.54, 1.807) is 12.1 Å². The molecule has 0 spiro atoms. The van der Waals surface area contributed by atoms with E-state index in [-0.39, 0.29) is 12.1 Å². The average molecular weight is 501 g/mol. The van der Waals surface area contributed by atoms with Crippen molar-refractivity contribution in [3.05, 3.63) is 93.6 Å². The minimum atomic E-state index is -4.42.